The minimum absolute atomic E-state index is 0.131. The van der Waals surface area contributed by atoms with Crippen molar-refractivity contribution in [2.24, 2.45) is 11.8 Å². The van der Waals surface area contributed by atoms with Crippen molar-refractivity contribution in [1.29, 1.82) is 0 Å². The van der Waals surface area contributed by atoms with Crippen molar-refractivity contribution < 1.29 is 8.42 Å². The van der Waals surface area contributed by atoms with Gasteiger partial charge in [0.05, 0.1) is 10.5 Å². The largest absolute Gasteiger partial charge is 0.228 e. The molecule has 0 radical (unpaired) electrons. The molecule has 2 nitrogen and oxygen atoms in total. The number of allylic oxidation sites excluding steroid dienone is 6. The van der Waals surface area contributed by atoms with Crippen LogP contribution in [0.5, 0.6) is 0 Å². The van der Waals surface area contributed by atoms with E-state index in [0.717, 1.165) is 0 Å². The van der Waals surface area contributed by atoms with E-state index in [9.17, 15) is 8.42 Å². The van der Waals surface area contributed by atoms with Gasteiger partial charge in [-0.2, -0.15) is 0 Å². The third-order valence-corrected chi connectivity index (χ3v) is 5.91. The Balaban J connectivity index is 2.16. The van der Waals surface area contributed by atoms with Gasteiger partial charge in [0.25, 0.3) is 0 Å². The minimum Gasteiger partial charge on any atom is -0.228 e. The molecule has 0 N–H and O–H groups in total. The van der Waals surface area contributed by atoms with E-state index in [2.05, 4.69) is 0 Å². The second-order valence-electron chi connectivity index (χ2n) is 4.21. The third-order valence-electron chi connectivity index (χ3n) is 3.45. The maximum absolute atomic E-state index is 12.2. The zero-order chi connectivity index (χ0) is 10.5. The normalized spacial score (nSPS) is 44.0. The van der Waals surface area contributed by atoms with E-state index in [-0.39, 0.29) is 22.3 Å². The highest BCUT2D eigenvalue weighted by molar-refractivity contribution is 7.93. The highest BCUT2D eigenvalue weighted by Crippen LogP contribution is 2.43. The van der Waals surface area contributed by atoms with Crippen molar-refractivity contribution >= 4 is 9.84 Å². The summed E-state index contributed by atoms with van der Waals surface area (Å²) < 4.78 is 24.4. The van der Waals surface area contributed by atoms with E-state index in [1.54, 1.807) is 0 Å². The number of hydrogen-bond donors (Lipinski definition) is 0. The molecular weight excluding hydrogens is 208 g/mol. The molecule has 1 fully saturated rings. The van der Waals surface area contributed by atoms with Crippen molar-refractivity contribution in [3.05, 3.63) is 48.6 Å². The van der Waals surface area contributed by atoms with E-state index in [1.807, 2.05) is 48.6 Å². The molecule has 0 amide bonds. The van der Waals surface area contributed by atoms with Crippen LogP contribution in [0.3, 0.4) is 0 Å². The van der Waals surface area contributed by atoms with E-state index in [4.69, 9.17) is 0 Å². The van der Waals surface area contributed by atoms with Gasteiger partial charge in [0.2, 0.25) is 0 Å². The van der Waals surface area contributed by atoms with Gasteiger partial charge in [0.15, 0.2) is 9.84 Å². The van der Waals surface area contributed by atoms with Crippen LogP contribution in [0.1, 0.15) is 0 Å². The molecule has 3 heteroatoms. The van der Waals surface area contributed by atoms with Crippen molar-refractivity contribution in [1.82, 2.24) is 0 Å². The number of rotatable bonds is 0. The van der Waals surface area contributed by atoms with Crippen molar-refractivity contribution in [2.75, 3.05) is 0 Å². The molecular formula is C12H12O2S. The Morgan fingerprint density at radius 2 is 1.07 bits per heavy atom. The summed E-state index contributed by atoms with van der Waals surface area (Å²) in [5.74, 6) is 0.261. The lowest BCUT2D eigenvalue weighted by Crippen LogP contribution is -2.23. The Bertz CT molecular complexity index is 454. The molecule has 3 aliphatic rings. The lowest BCUT2D eigenvalue weighted by Gasteiger charge is -2.19. The van der Waals surface area contributed by atoms with E-state index in [0.29, 0.717) is 0 Å². The average molecular weight is 220 g/mol. The molecule has 2 aliphatic carbocycles. The first-order valence-electron chi connectivity index (χ1n) is 5.14. The van der Waals surface area contributed by atoms with Gasteiger partial charge in [0, 0.05) is 11.8 Å². The summed E-state index contributed by atoms with van der Waals surface area (Å²) in [6.45, 7) is 0. The molecule has 3 rings (SSSR count). The number of hydrogen-bond acceptors (Lipinski definition) is 2. The monoisotopic (exact) mass is 220 g/mol. The van der Waals surface area contributed by atoms with Gasteiger partial charge >= 0.3 is 0 Å². The fourth-order valence-electron chi connectivity index (χ4n) is 2.74. The summed E-state index contributed by atoms with van der Waals surface area (Å²) in [5, 5.41) is -0.630. The zero-order valence-electron chi connectivity index (χ0n) is 8.15. The van der Waals surface area contributed by atoms with Crippen molar-refractivity contribution in [3.63, 3.8) is 0 Å². The first kappa shape index (κ1) is 9.16. The quantitative estimate of drug-likeness (QED) is 0.622. The molecule has 0 aromatic carbocycles. The fraction of sp³-hybridized carbons (Fsp3) is 0.333. The smallest absolute Gasteiger partial charge is 0.164 e. The first-order valence-corrected chi connectivity index (χ1v) is 6.75. The lowest BCUT2D eigenvalue weighted by molar-refractivity contribution is 0.527. The molecule has 0 unspecified atom stereocenters. The second kappa shape index (κ2) is 2.95. The summed E-state index contributed by atoms with van der Waals surface area (Å²) in [4.78, 5) is 0. The minimum atomic E-state index is -3.02. The maximum Gasteiger partial charge on any atom is 0.164 e. The zero-order valence-corrected chi connectivity index (χ0v) is 8.97. The van der Waals surface area contributed by atoms with Gasteiger partial charge in [-0.1, -0.05) is 48.6 Å². The summed E-state index contributed by atoms with van der Waals surface area (Å²) in [6.07, 6.45) is 15.3. The summed E-state index contributed by atoms with van der Waals surface area (Å²) >= 11 is 0. The molecule has 15 heavy (non-hydrogen) atoms. The van der Waals surface area contributed by atoms with Crippen LogP contribution in [0, 0.1) is 11.8 Å². The molecule has 1 saturated heterocycles. The number of sulfone groups is 1. The molecule has 0 saturated carbocycles. The summed E-state index contributed by atoms with van der Waals surface area (Å²) in [6, 6.07) is 0. The van der Waals surface area contributed by atoms with Crippen LogP contribution in [0.15, 0.2) is 48.6 Å². The van der Waals surface area contributed by atoms with Gasteiger partial charge < -0.3 is 0 Å². The van der Waals surface area contributed by atoms with E-state index >= 15 is 0 Å². The fourth-order valence-corrected chi connectivity index (χ4v) is 5.14. The Kier molecular flexibility index (Phi) is 1.80. The predicted molar refractivity (Wildman–Crippen MR) is 60.0 cm³/mol. The summed E-state index contributed by atoms with van der Waals surface area (Å²) in [5.41, 5.74) is 0. The molecule has 1 aliphatic heterocycles. The Hall–Kier alpha value is -1.09. The van der Waals surface area contributed by atoms with E-state index < -0.39 is 9.84 Å². The van der Waals surface area contributed by atoms with Crippen LogP contribution in [0.2, 0.25) is 0 Å². The van der Waals surface area contributed by atoms with Crippen LogP contribution >= 0.6 is 0 Å². The molecule has 0 bridgehead atoms. The lowest BCUT2D eigenvalue weighted by atomic mass is 9.83. The first-order chi connectivity index (χ1) is 7.21. The maximum atomic E-state index is 12.2. The van der Waals surface area contributed by atoms with E-state index in [1.165, 1.54) is 0 Å². The molecule has 0 spiro atoms. The average Bonchev–Trinajstić information content (AvgIpc) is 2.51. The second-order valence-corrected chi connectivity index (χ2v) is 6.48. The predicted octanol–water partition coefficient (Wildman–Crippen LogP) is 1.64. The van der Waals surface area contributed by atoms with Crippen LogP contribution < -0.4 is 0 Å². The Morgan fingerprint density at radius 1 is 0.667 bits per heavy atom. The van der Waals surface area contributed by atoms with Crippen LogP contribution in [0.4, 0.5) is 0 Å². The molecule has 4 atom stereocenters. The van der Waals surface area contributed by atoms with Crippen molar-refractivity contribution in [2.45, 2.75) is 10.5 Å². The van der Waals surface area contributed by atoms with Gasteiger partial charge in [-0.25, -0.2) is 8.42 Å². The van der Waals surface area contributed by atoms with Crippen molar-refractivity contribution in [3.8, 4) is 0 Å². The standard InChI is InChI=1S/C12H12O2S/c13-15(14)11-7-3-1-5-9(11)10-6-2-4-8-12(10)15/h1-12H/t9-,10+,11-,12-/m1/s1. The van der Waals surface area contributed by atoms with Gasteiger partial charge in [-0.3, -0.25) is 0 Å². The SMILES string of the molecule is O=S1(=O)[C@@H]2C=CC=C[C@@H]2[C@@H]2C=CC=C[C@H]21. The summed E-state index contributed by atoms with van der Waals surface area (Å²) in [7, 11) is -3.02. The van der Waals surface area contributed by atoms with Gasteiger partial charge in [-0.05, 0) is 0 Å². The topological polar surface area (TPSA) is 34.1 Å². The van der Waals surface area contributed by atoms with Crippen LogP contribution in [-0.2, 0) is 9.84 Å². The highest BCUT2D eigenvalue weighted by Gasteiger charge is 2.51. The Labute approximate surface area is 89.6 Å². The highest BCUT2D eigenvalue weighted by atomic mass is 32.2. The van der Waals surface area contributed by atoms with Crippen LogP contribution in [-0.4, -0.2) is 18.9 Å². The Morgan fingerprint density at radius 3 is 1.53 bits per heavy atom. The molecule has 1 heterocycles. The van der Waals surface area contributed by atoms with Crippen LogP contribution in [0.25, 0.3) is 0 Å². The molecule has 78 valence electrons. The van der Waals surface area contributed by atoms with Gasteiger partial charge in [0.1, 0.15) is 0 Å². The molecule has 0 aromatic rings. The third kappa shape index (κ3) is 1.13. The number of fused-ring (bicyclic) bond motifs is 3. The van der Waals surface area contributed by atoms with Gasteiger partial charge in [-0.15, -0.1) is 0 Å². The molecule has 0 aromatic heterocycles.